The molecule has 1 amide bonds. The molecule has 1 aliphatic heterocycles. The van der Waals surface area contributed by atoms with E-state index in [1.165, 1.54) is 0 Å². The smallest absolute Gasteiger partial charge is 0.290 e. The number of carbonyl (C=O) groups excluding carboxylic acids is 1. The summed E-state index contributed by atoms with van der Waals surface area (Å²) in [5.74, 6) is 1.10. The molecule has 1 saturated heterocycles. The number of benzene rings is 1. The summed E-state index contributed by atoms with van der Waals surface area (Å²) < 4.78 is 16.9. The maximum Gasteiger partial charge on any atom is 0.290 e. The molecule has 24 heavy (non-hydrogen) atoms. The fraction of sp³-hybridized carbons (Fsp3) is 0.353. The van der Waals surface area contributed by atoms with Crippen molar-refractivity contribution in [2.45, 2.75) is 20.0 Å². The van der Waals surface area contributed by atoms with Gasteiger partial charge in [0.25, 0.3) is 5.91 Å². The summed E-state index contributed by atoms with van der Waals surface area (Å²) in [6, 6.07) is 7.64. The molecule has 3 aromatic rings. The van der Waals surface area contributed by atoms with E-state index in [9.17, 15) is 4.79 Å². The van der Waals surface area contributed by atoms with Gasteiger partial charge in [-0.1, -0.05) is 18.2 Å². The molecule has 7 nitrogen and oxygen atoms in total. The topological polar surface area (TPSA) is 81.6 Å². The van der Waals surface area contributed by atoms with Gasteiger partial charge in [0.15, 0.2) is 11.9 Å². The molecule has 1 aliphatic rings. The fourth-order valence-corrected chi connectivity index (χ4v) is 2.95. The minimum Gasteiger partial charge on any atom is -0.451 e. The first-order chi connectivity index (χ1) is 11.6. The molecule has 0 saturated carbocycles. The second kappa shape index (κ2) is 5.76. The average molecular weight is 327 g/mol. The van der Waals surface area contributed by atoms with Crippen LogP contribution in [0.5, 0.6) is 0 Å². The summed E-state index contributed by atoms with van der Waals surface area (Å²) in [6.07, 6.45) is -0.409. The number of hydrogen-bond donors (Lipinski definition) is 0. The molecule has 7 heteroatoms. The minimum atomic E-state index is -0.409. The van der Waals surface area contributed by atoms with Crippen molar-refractivity contribution in [1.29, 1.82) is 0 Å². The molecule has 124 valence electrons. The lowest BCUT2D eigenvalue weighted by Gasteiger charge is -2.30. The van der Waals surface area contributed by atoms with E-state index in [1.807, 2.05) is 31.2 Å². The summed E-state index contributed by atoms with van der Waals surface area (Å²) in [5, 5.41) is 8.76. The lowest BCUT2D eigenvalue weighted by molar-refractivity contribution is -0.0357. The highest BCUT2D eigenvalue weighted by molar-refractivity contribution is 5.98. The molecule has 0 radical (unpaired) electrons. The summed E-state index contributed by atoms with van der Waals surface area (Å²) >= 11 is 0. The number of carbonyl (C=O) groups is 1. The van der Waals surface area contributed by atoms with Crippen LogP contribution in [-0.4, -0.2) is 40.7 Å². The van der Waals surface area contributed by atoms with Gasteiger partial charge < -0.3 is 18.5 Å². The van der Waals surface area contributed by atoms with Gasteiger partial charge in [-0.3, -0.25) is 4.79 Å². The summed E-state index contributed by atoms with van der Waals surface area (Å²) in [4.78, 5) is 14.6. The normalized spacial score (nSPS) is 18.2. The lowest BCUT2D eigenvalue weighted by atomic mass is 10.1. The van der Waals surface area contributed by atoms with E-state index in [4.69, 9.17) is 13.6 Å². The Bertz CT molecular complexity index is 898. The van der Waals surface area contributed by atoms with Crippen molar-refractivity contribution in [1.82, 2.24) is 15.1 Å². The second-order valence-corrected chi connectivity index (χ2v) is 5.82. The van der Waals surface area contributed by atoms with Crippen LogP contribution in [0.1, 0.15) is 34.0 Å². The highest BCUT2D eigenvalue weighted by atomic mass is 16.5. The zero-order valence-electron chi connectivity index (χ0n) is 13.5. The molecule has 4 rings (SSSR count). The van der Waals surface area contributed by atoms with E-state index in [-0.39, 0.29) is 5.91 Å². The van der Waals surface area contributed by atoms with E-state index in [2.05, 4.69) is 10.2 Å². The largest absolute Gasteiger partial charge is 0.451 e. The number of ether oxygens (including phenoxy) is 1. The van der Waals surface area contributed by atoms with Crippen LogP contribution in [-0.2, 0) is 4.74 Å². The highest BCUT2D eigenvalue weighted by Crippen LogP contribution is 2.28. The highest BCUT2D eigenvalue weighted by Gasteiger charge is 2.31. The molecule has 0 N–H and O–H groups in total. The van der Waals surface area contributed by atoms with Crippen LogP contribution in [0, 0.1) is 13.8 Å². The van der Waals surface area contributed by atoms with Crippen LogP contribution >= 0.6 is 0 Å². The van der Waals surface area contributed by atoms with Crippen molar-refractivity contribution >= 4 is 16.9 Å². The molecule has 2 aromatic heterocycles. The Hall–Kier alpha value is -2.67. The number of hydrogen-bond acceptors (Lipinski definition) is 6. The van der Waals surface area contributed by atoms with Crippen LogP contribution in [0.15, 0.2) is 33.1 Å². The number of nitrogens with zero attached hydrogens (tertiary/aromatic N) is 3. The Morgan fingerprint density at radius 3 is 2.79 bits per heavy atom. The third kappa shape index (κ3) is 2.46. The third-order valence-corrected chi connectivity index (χ3v) is 4.21. The number of fused-ring (bicyclic) bond motifs is 1. The predicted octanol–water partition coefficient (Wildman–Crippen LogP) is 2.65. The van der Waals surface area contributed by atoms with Crippen molar-refractivity contribution in [3.8, 4) is 0 Å². The summed E-state index contributed by atoms with van der Waals surface area (Å²) in [7, 11) is 0. The quantitative estimate of drug-likeness (QED) is 0.720. The van der Waals surface area contributed by atoms with Gasteiger partial charge >= 0.3 is 0 Å². The van der Waals surface area contributed by atoms with Crippen molar-refractivity contribution in [2.24, 2.45) is 0 Å². The number of aryl methyl sites for hydroxylation is 2. The SMILES string of the molecule is Cc1nnc([C@H]2CN(C(=O)c3oc4ccccc4c3C)CCO2)o1. The van der Waals surface area contributed by atoms with Gasteiger partial charge in [-0.05, 0) is 13.0 Å². The Morgan fingerprint density at radius 1 is 1.21 bits per heavy atom. The monoisotopic (exact) mass is 327 g/mol. The summed E-state index contributed by atoms with van der Waals surface area (Å²) in [6.45, 7) is 4.89. The Kier molecular flexibility index (Phi) is 3.57. The van der Waals surface area contributed by atoms with Gasteiger partial charge in [-0.15, -0.1) is 10.2 Å². The number of rotatable bonds is 2. The second-order valence-electron chi connectivity index (χ2n) is 5.82. The van der Waals surface area contributed by atoms with E-state index in [1.54, 1.807) is 11.8 Å². The van der Waals surface area contributed by atoms with Gasteiger partial charge in [-0.2, -0.15) is 0 Å². The van der Waals surface area contributed by atoms with Crippen LogP contribution < -0.4 is 0 Å². The van der Waals surface area contributed by atoms with Crippen molar-refractivity contribution in [3.63, 3.8) is 0 Å². The van der Waals surface area contributed by atoms with Gasteiger partial charge in [0.05, 0.1) is 13.2 Å². The van der Waals surface area contributed by atoms with Gasteiger partial charge in [0.1, 0.15) is 5.58 Å². The number of furan rings is 1. The Labute approximate surface area is 138 Å². The van der Waals surface area contributed by atoms with Gasteiger partial charge in [-0.25, -0.2) is 0 Å². The molecule has 0 unspecified atom stereocenters. The number of amides is 1. The van der Waals surface area contributed by atoms with Crippen molar-refractivity contribution < 1.29 is 18.4 Å². The van der Waals surface area contributed by atoms with Crippen LogP contribution in [0.3, 0.4) is 0 Å². The molecule has 1 fully saturated rings. The first kappa shape index (κ1) is 14.9. The number of morpholine rings is 1. The maximum atomic E-state index is 12.9. The minimum absolute atomic E-state index is 0.145. The first-order valence-electron chi connectivity index (χ1n) is 7.82. The van der Waals surface area contributed by atoms with Crippen LogP contribution in [0.2, 0.25) is 0 Å². The molecule has 0 spiro atoms. The summed E-state index contributed by atoms with van der Waals surface area (Å²) in [5.41, 5.74) is 1.57. The molecule has 3 heterocycles. The molecular weight excluding hydrogens is 310 g/mol. The Balaban J connectivity index is 1.60. The van der Waals surface area contributed by atoms with E-state index in [0.717, 1.165) is 16.5 Å². The lowest BCUT2D eigenvalue weighted by Crippen LogP contribution is -2.42. The third-order valence-electron chi connectivity index (χ3n) is 4.21. The molecule has 0 aliphatic carbocycles. The predicted molar refractivity (Wildman–Crippen MR) is 84.6 cm³/mol. The van der Waals surface area contributed by atoms with Crippen molar-refractivity contribution in [3.05, 3.63) is 47.4 Å². The van der Waals surface area contributed by atoms with Crippen LogP contribution in [0.25, 0.3) is 11.0 Å². The standard InChI is InChI=1S/C17H17N3O4/c1-10-12-5-3-4-6-13(12)24-15(10)17(21)20-7-8-22-14(9-20)16-19-18-11(2)23-16/h3-6,14H,7-9H2,1-2H3/t14-/m1/s1. The van der Waals surface area contributed by atoms with Crippen LogP contribution in [0.4, 0.5) is 0 Å². The van der Waals surface area contributed by atoms with Gasteiger partial charge in [0, 0.05) is 24.4 Å². The fourth-order valence-electron chi connectivity index (χ4n) is 2.95. The van der Waals surface area contributed by atoms with Crippen molar-refractivity contribution in [2.75, 3.05) is 19.7 Å². The van der Waals surface area contributed by atoms with E-state index in [0.29, 0.717) is 37.2 Å². The maximum absolute atomic E-state index is 12.9. The molecular formula is C17H17N3O4. The average Bonchev–Trinajstić information content (AvgIpc) is 3.19. The zero-order valence-corrected chi connectivity index (χ0v) is 13.5. The van der Waals surface area contributed by atoms with E-state index >= 15 is 0 Å². The molecule has 1 aromatic carbocycles. The first-order valence-corrected chi connectivity index (χ1v) is 7.82. The van der Waals surface area contributed by atoms with E-state index < -0.39 is 6.10 Å². The Morgan fingerprint density at radius 2 is 2.04 bits per heavy atom. The number of aromatic nitrogens is 2. The zero-order chi connectivity index (χ0) is 16.7. The molecule has 0 bridgehead atoms. The number of para-hydroxylation sites is 1. The molecule has 1 atom stereocenters. The van der Waals surface area contributed by atoms with Gasteiger partial charge in [0.2, 0.25) is 11.8 Å².